The van der Waals surface area contributed by atoms with Gasteiger partial charge in [-0.3, -0.25) is 5.32 Å². The molecule has 0 fully saturated rings. The molecule has 0 saturated carbocycles. The van der Waals surface area contributed by atoms with E-state index in [1.54, 1.807) is 42.6 Å². The molecule has 2 N–H and O–H groups in total. The smallest absolute Gasteiger partial charge is 0.411 e. The third-order valence-electron chi connectivity index (χ3n) is 3.20. The van der Waals surface area contributed by atoms with Gasteiger partial charge < -0.3 is 14.5 Å². The summed E-state index contributed by atoms with van der Waals surface area (Å²) in [6.45, 7) is 0. The Morgan fingerprint density at radius 1 is 1.08 bits per heavy atom. The second-order valence-corrected chi connectivity index (χ2v) is 5.29. The topological polar surface area (TPSA) is 76.4 Å². The largest absolute Gasteiger partial charge is 0.453 e. The highest BCUT2D eigenvalue weighted by Gasteiger charge is 2.07. The average molecular weight is 344 g/mol. The number of carbonyl (C=O) groups excluding carboxylic acids is 1. The van der Waals surface area contributed by atoms with Gasteiger partial charge in [0.15, 0.2) is 5.76 Å². The van der Waals surface area contributed by atoms with Gasteiger partial charge in [-0.1, -0.05) is 11.6 Å². The van der Waals surface area contributed by atoms with Gasteiger partial charge in [-0.2, -0.15) is 0 Å². The summed E-state index contributed by atoms with van der Waals surface area (Å²) in [7, 11) is 1.31. The van der Waals surface area contributed by atoms with Crippen LogP contribution in [0.5, 0.6) is 0 Å². The number of ether oxygens (including phenoxy) is 1. The summed E-state index contributed by atoms with van der Waals surface area (Å²) in [4.78, 5) is 15.3. The van der Waals surface area contributed by atoms with E-state index in [4.69, 9.17) is 16.0 Å². The summed E-state index contributed by atoms with van der Waals surface area (Å²) in [6.07, 6.45) is 1.12. The number of oxazole rings is 1. The Hall–Kier alpha value is -2.99. The van der Waals surface area contributed by atoms with Crippen LogP contribution < -0.4 is 10.6 Å². The lowest BCUT2D eigenvalue weighted by Gasteiger charge is -2.05. The van der Waals surface area contributed by atoms with E-state index in [1.165, 1.54) is 7.11 Å². The highest BCUT2D eigenvalue weighted by molar-refractivity contribution is 6.30. The number of nitrogens with one attached hydrogen (secondary N) is 2. The first-order chi connectivity index (χ1) is 11.6. The molecule has 2 aromatic carbocycles. The summed E-state index contributed by atoms with van der Waals surface area (Å²) in [5.74, 6) is 0.637. The Labute approximate surface area is 143 Å². The summed E-state index contributed by atoms with van der Waals surface area (Å²) in [6, 6.07) is 14.7. The lowest BCUT2D eigenvalue weighted by molar-refractivity contribution is 0.187. The molecule has 0 bridgehead atoms. The molecule has 1 amide bonds. The van der Waals surface area contributed by atoms with Crippen LogP contribution in [0.1, 0.15) is 0 Å². The van der Waals surface area contributed by atoms with Crippen LogP contribution in [0.4, 0.5) is 22.2 Å². The van der Waals surface area contributed by atoms with Crippen molar-refractivity contribution in [3.8, 4) is 11.3 Å². The average Bonchev–Trinajstić information content (AvgIpc) is 3.05. The third-order valence-corrected chi connectivity index (χ3v) is 3.45. The fraction of sp³-hybridized carbons (Fsp3) is 0.0588. The molecule has 0 aliphatic carbocycles. The van der Waals surface area contributed by atoms with E-state index in [1.807, 2.05) is 12.1 Å². The summed E-state index contributed by atoms with van der Waals surface area (Å²) >= 11 is 5.87. The van der Waals surface area contributed by atoms with Crippen molar-refractivity contribution in [2.75, 3.05) is 17.7 Å². The lowest BCUT2D eigenvalue weighted by atomic mass is 10.2. The zero-order chi connectivity index (χ0) is 16.9. The number of benzene rings is 2. The number of halogens is 1. The van der Waals surface area contributed by atoms with Gasteiger partial charge in [0.05, 0.1) is 13.3 Å². The van der Waals surface area contributed by atoms with Crippen molar-refractivity contribution in [2.45, 2.75) is 0 Å². The first kappa shape index (κ1) is 15.9. The van der Waals surface area contributed by atoms with Gasteiger partial charge in [0, 0.05) is 22.0 Å². The second kappa shape index (κ2) is 7.06. The fourth-order valence-corrected chi connectivity index (χ4v) is 2.13. The molecule has 7 heteroatoms. The molecular weight excluding hydrogens is 330 g/mol. The minimum absolute atomic E-state index is 0.369. The third kappa shape index (κ3) is 3.85. The van der Waals surface area contributed by atoms with Crippen molar-refractivity contribution >= 4 is 35.1 Å². The molecule has 122 valence electrons. The van der Waals surface area contributed by atoms with E-state index in [2.05, 4.69) is 20.4 Å². The quantitative estimate of drug-likeness (QED) is 0.703. The molecule has 0 radical (unpaired) electrons. The van der Waals surface area contributed by atoms with E-state index in [0.717, 1.165) is 11.3 Å². The van der Waals surface area contributed by atoms with Crippen molar-refractivity contribution in [1.29, 1.82) is 0 Å². The highest BCUT2D eigenvalue weighted by atomic mass is 35.5. The van der Waals surface area contributed by atoms with E-state index in [0.29, 0.717) is 22.5 Å². The summed E-state index contributed by atoms with van der Waals surface area (Å²) in [5, 5.41) is 6.29. The van der Waals surface area contributed by atoms with E-state index < -0.39 is 6.09 Å². The number of nitrogens with zero attached hydrogens (tertiary/aromatic N) is 1. The number of amides is 1. The Bertz CT molecular complexity index is 829. The molecule has 1 aromatic heterocycles. The van der Waals surface area contributed by atoms with Gasteiger partial charge >= 0.3 is 6.09 Å². The molecule has 1 heterocycles. The number of anilines is 3. The molecule has 3 aromatic rings. The number of hydrogen-bond donors (Lipinski definition) is 2. The van der Waals surface area contributed by atoms with Gasteiger partial charge in [-0.25, -0.2) is 9.78 Å². The molecule has 6 nitrogen and oxygen atoms in total. The maximum absolute atomic E-state index is 11.1. The van der Waals surface area contributed by atoms with Crippen molar-refractivity contribution in [2.24, 2.45) is 0 Å². The van der Waals surface area contributed by atoms with Crippen molar-refractivity contribution in [1.82, 2.24) is 4.98 Å². The maximum atomic E-state index is 11.1. The normalized spacial score (nSPS) is 10.2. The van der Waals surface area contributed by atoms with Crippen LogP contribution >= 0.6 is 11.6 Å². The highest BCUT2D eigenvalue weighted by Crippen LogP contribution is 2.26. The number of carbonyl (C=O) groups is 1. The molecule has 0 aliphatic heterocycles. The van der Waals surface area contributed by atoms with Crippen LogP contribution in [0.2, 0.25) is 5.02 Å². The maximum Gasteiger partial charge on any atom is 0.411 e. The molecule has 24 heavy (non-hydrogen) atoms. The SMILES string of the molecule is COC(=O)Nc1ccc(Nc2ncc(-c3ccc(Cl)cc3)o2)cc1. The van der Waals surface area contributed by atoms with Crippen LogP contribution in [0.25, 0.3) is 11.3 Å². The number of hydrogen-bond acceptors (Lipinski definition) is 5. The van der Waals surface area contributed by atoms with E-state index in [-0.39, 0.29) is 0 Å². The Kier molecular flexibility index (Phi) is 4.67. The van der Waals surface area contributed by atoms with Crippen molar-refractivity contribution in [3.05, 3.63) is 59.8 Å². The minimum atomic E-state index is -0.518. The lowest BCUT2D eigenvalue weighted by Crippen LogP contribution is -2.10. The van der Waals surface area contributed by atoms with Crippen LogP contribution in [0.15, 0.2) is 59.1 Å². The first-order valence-corrected chi connectivity index (χ1v) is 7.45. The molecule has 0 atom stereocenters. The first-order valence-electron chi connectivity index (χ1n) is 7.08. The molecule has 0 unspecified atom stereocenters. The van der Waals surface area contributed by atoms with E-state index in [9.17, 15) is 4.79 Å². The summed E-state index contributed by atoms with van der Waals surface area (Å²) in [5.41, 5.74) is 2.29. The van der Waals surface area contributed by atoms with Gasteiger partial charge in [-0.05, 0) is 48.5 Å². The Morgan fingerprint density at radius 2 is 1.75 bits per heavy atom. The predicted molar refractivity (Wildman–Crippen MR) is 92.7 cm³/mol. The van der Waals surface area contributed by atoms with Crippen molar-refractivity contribution < 1.29 is 13.9 Å². The Morgan fingerprint density at radius 3 is 2.42 bits per heavy atom. The van der Waals surface area contributed by atoms with Gasteiger partial charge in [-0.15, -0.1) is 0 Å². The van der Waals surface area contributed by atoms with E-state index >= 15 is 0 Å². The zero-order valence-corrected chi connectivity index (χ0v) is 13.5. The zero-order valence-electron chi connectivity index (χ0n) is 12.7. The summed E-state index contributed by atoms with van der Waals surface area (Å²) < 4.78 is 10.2. The van der Waals surface area contributed by atoms with Crippen LogP contribution in [0.3, 0.4) is 0 Å². The van der Waals surface area contributed by atoms with Gasteiger partial charge in [0.1, 0.15) is 0 Å². The van der Waals surface area contributed by atoms with Crippen LogP contribution in [-0.4, -0.2) is 18.2 Å². The number of rotatable bonds is 4. The fourth-order valence-electron chi connectivity index (χ4n) is 2.01. The second-order valence-electron chi connectivity index (χ2n) is 4.86. The van der Waals surface area contributed by atoms with Gasteiger partial charge in [0.2, 0.25) is 0 Å². The van der Waals surface area contributed by atoms with Gasteiger partial charge in [0.25, 0.3) is 6.01 Å². The molecule has 0 aliphatic rings. The number of methoxy groups -OCH3 is 1. The van der Waals surface area contributed by atoms with Crippen LogP contribution in [-0.2, 0) is 4.74 Å². The number of aromatic nitrogens is 1. The standard InChI is InChI=1S/C17H14ClN3O3/c1-23-17(22)21-14-8-6-13(7-9-14)20-16-19-10-15(24-16)11-2-4-12(18)5-3-11/h2-10H,1H3,(H,19,20)(H,21,22). The van der Waals surface area contributed by atoms with Crippen LogP contribution in [0, 0.1) is 0 Å². The Balaban J connectivity index is 1.68. The molecular formula is C17H14ClN3O3. The molecule has 0 saturated heterocycles. The molecule has 0 spiro atoms. The minimum Gasteiger partial charge on any atom is -0.453 e. The molecule has 3 rings (SSSR count). The predicted octanol–water partition coefficient (Wildman–Crippen LogP) is 4.92. The van der Waals surface area contributed by atoms with Crippen molar-refractivity contribution in [3.63, 3.8) is 0 Å². The monoisotopic (exact) mass is 343 g/mol.